The van der Waals surface area contributed by atoms with Gasteiger partial charge in [-0.1, -0.05) is 328 Å². The van der Waals surface area contributed by atoms with Gasteiger partial charge in [0, 0.05) is 13.0 Å². The van der Waals surface area contributed by atoms with Crippen LogP contribution in [-0.4, -0.2) is 12.5 Å². The average molecular weight is 817 g/mol. The monoisotopic (exact) mass is 816 g/mol. The third kappa shape index (κ3) is 53.5. The molecule has 0 saturated heterocycles. The van der Waals surface area contributed by atoms with Crippen molar-refractivity contribution in [1.29, 1.82) is 0 Å². The quantitative estimate of drug-likeness (QED) is 0.0609. The maximum Gasteiger partial charge on any atom is 0.219 e. The fourth-order valence-electron chi connectivity index (χ4n) is 9.18. The summed E-state index contributed by atoms with van der Waals surface area (Å²) in [6, 6.07) is 0. The highest BCUT2D eigenvalue weighted by molar-refractivity contribution is 5.75. The van der Waals surface area contributed by atoms with Crippen LogP contribution < -0.4 is 5.32 Å². The topological polar surface area (TPSA) is 29.1 Å². The zero-order valence-corrected chi connectivity index (χ0v) is 40.9. The zero-order valence-electron chi connectivity index (χ0n) is 40.9. The molecule has 0 aromatic carbocycles. The van der Waals surface area contributed by atoms with E-state index in [1.807, 2.05) is 0 Å². The van der Waals surface area contributed by atoms with E-state index in [0.29, 0.717) is 0 Å². The summed E-state index contributed by atoms with van der Waals surface area (Å²) in [4.78, 5) is 12.2. The van der Waals surface area contributed by atoms with E-state index in [1.165, 1.54) is 315 Å². The fourth-order valence-corrected chi connectivity index (χ4v) is 9.18. The molecule has 0 atom stereocenters. The second kappa shape index (κ2) is 54.5. The van der Waals surface area contributed by atoms with Gasteiger partial charge >= 0.3 is 0 Å². The fraction of sp³-hybridized carbons (Fsp3) is 0.982. The number of carbonyl (C=O) groups is 1. The Morgan fingerprint density at radius 1 is 0.224 bits per heavy atom. The van der Waals surface area contributed by atoms with Crippen LogP contribution >= 0.6 is 0 Å². The minimum Gasteiger partial charge on any atom is -0.356 e. The minimum atomic E-state index is 0.286. The zero-order chi connectivity index (χ0) is 41.8. The van der Waals surface area contributed by atoms with Gasteiger partial charge in [-0.15, -0.1) is 0 Å². The number of unbranched alkanes of at least 4 members (excludes halogenated alkanes) is 49. The Balaban J connectivity index is 3.14. The first kappa shape index (κ1) is 57.5. The van der Waals surface area contributed by atoms with E-state index < -0.39 is 0 Å². The molecule has 0 bridgehead atoms. The predicted molar refractivity (Wildman–Crippen MR) is 264 cm³/mol. The summed E-state index contributed by atoms with van der Waals surface area (Å²) in [6.45, 7) is 5.50. The van der Waals surface area contributed by atoms with Crippen LogP contribution in [0.25, 0.3) is 0 Å². The van der Waals surface area contributed by atoms with Crippen molar-refractivity contribution < 1.29 is 4.79 Å². The van der Waals surface area contributed by atoms with Crippen LogP contribution in [0.1, 0.15) is 348 Å². The number of rotatable bonds is 53. The molecule has 1 amide bonds. The molecule has 0 rings (SSSR count). The van der Waals surface area contributed by atoms with E-state index in [2.05, 4.69) is 19.2 Å². The molecule has 0 aromatic heterocycles. The van der Waals surface area contributed by atoms with E-state index in [1.54, 1.807) is 0 Å². The van der Waals surface area contributed by atoms with Gasteiger partial charge in [0.25, 0.3) is 0 Å². The molecule has 0 aromatic rings. The van der Waals surface area contributed by atoms with Crippen LogP contribution in [-0.2, 0) is 4.79 Å². The lowest BCUT2D eigenvalue weighted by Gasteiger charge is -2.06. The molecule has 58 heavy (non-hydrogen) atoms. The van der Waals surface area contributed by atoms with Gasteiger partial charge < -0.3 is 5.32 Å². The Bertz CT molecular complexity index is 719. The highest BCUT2D eigenvalue weighted by atomic mass is 16.1. The summed E-state index contributed by atoms with van der Waals surface area (Å²) in [6.07, 6.45) is 73.5. The molecular weight excluding hydrogens is 703 g/mol. The summed E-state index contributed by atoms with van der Waals surface area (Å²) < 4.78 is 0. The molecule has 0 aliphatic heterocycles. The SMILES string of the molecule is CCCCCCCCCCCCCCCCCCCCCCCCCCCCNC(=O)CCCCCCCCCCCCCCCCCCCCCCCCCCC. The maximum atomic E-state index is 12.2. The van der Waals surface area contributed by atoms with Crippen LogP contribution in [0.15, 0.2) is 0 Å². The molecule has 0 spiro atoms. The van der Waals surface area contributed by atoms with Gasteiger partial charge in [0.1, 0.15) is 0 Å². The van der Waals surface area contributed by atoms with E-state index in [-0.39, 0.29) is 5.91 Å². The first-order chi connectivity index (χ1) is 28.8. The molecule has 2 heteroatoms. The highest BCUT2D eigenvalue weighted by Crippen LogP contribution is 2.18. The van der Waals surface area contributed by atoms with E-state index in [4.69, 9.17) is 0 Å². The van der Waals surface area contributed by atoms with Crippen LogP contribution in [0, 0.1) is 0 Å². The molecule has 0 aliphatic carbocycles. The molecule has 0 aliphatic rings. The Morgan fingerprint density at radius 2 is 0.379 bits per heavy atom. The number of amides is 1. The van der Waals surface area contributed by atoms with Gasteiger partial charge in [0.2, 0.25) is 5.91 Å². The molecule has 2 nitrogen and oxygen atoms in total. The molecule has 0 saturated carbocycles. The summed E-state index contributed by atoms with van der Waals surface area (Å²) >= 11 is 0. The smallest absolute Gasteiger partial charge is 0.219 e. The molecule has 348 valence electrons. The number of nitrogens with one attached hydrogen (secondary N) is 1. The van der Waals surface area contributed by atoms with Crippen molar-refractivity contribution in [3.05, 3.63) is 0 Å². The number of carbonyl (C=O) groups excluding carboxylic acids is 1. The normalized spacial score (nSPS) is 11.6. The first-order valence-electron chi connectivity index (χ1n) is 28.1. The van der Waals surface area contributed by atoms with Crippen LogP contribution in [0.5, 0.6) is 0 Å². The van der Waals surface area contributed by atoms with Gasteiger partial charge in [-0.2, -0.15) is 0 Å². The van der Waals surface area contributed by atoms with Crippen molar-refractivity contribution in [2.75, 3.05) is 6.54 Å². The molecule has 0 unspecified atom stereocenters. The summed E-state index contributed by atoms with van der Waals surface area (Å²) in [7, 11) is 0. The Morgan fingerprint density at radius 3 is 0.569 bits per heavy atom. The van der Waals surface area contributed by atoms with Gasteiger partial charge in [0.15, 0.2) is 0 Å². The summed E-state index contributed by atoms with van der Waals surface area (Å²) in [5.74, 6) is 0.286. The van der Waals surface area contributed by atoms with Gasteiger partial charge in [-0.3, -0.25) is 4.79 Å². The Hall–Kier alpha value is -0.530. The van der Waals surface area contributed by atoms with Crippen molar-refractivity contribution >= 4 is 5.91 Å². The van der Waals surface area contributed by atoms with Crippen molar-refractivity contribution in [3.8, 4) is 0 Å². The van der Waals surface area contributed by atoms with Gasteiger partial charge in [-0.25, -0.2) is 0 Å². The van der Waals surface area contributed by atoms with Crippen molar-refractivity contribution in [1.82, 2.24) is 5.32 Å². The third-order valence-electron chi connectivity index (χ3n) is 13.4. The predicted octanol–water partition coefficient (Wildman–Crippen LogP) is 20.4. The lowest BCUT2D eigenvalue weighted by molar-refractivity contribution is -0.121. The first-order valence-corrected chi connectivity index (χ1v) is 28.1. The third-order valence-corrected chi connectivity index (χ3v) is 13.4. The number of hydrogen-bond donors (Lipinski definition) is 1. The van der Waals surface area contributed by atoms with E-state index in [0.717, 1.165) is 25.8 Å². The Kier molecular flexibility index (Phi) is 54.0. The van der Waals surface area contributed by atoms with Crippen molar-refractivity contribution in [2.24, 2.45) is 0 Å². The molecule has 0 radical (unpaired) electrons. The minimum absolute atomic E-state index is 0.286. The van der Waals surface area contributed by atoms with Gasteiger partial charge in [-0.05, 0) is 12.8 Å². The second-order valence-electron chi connectivity index (χ2n) is 19.4. The molecule has 0 fully saturated rings. The van der Waals surface area contributed by atoms with Crippen molar-refractivity contribution in [3.63, 3.8) is 0 Å². The highest BCUT2D eigenvalue weighted by Gasteiger charge is 2.02. The lowest BCUT2D eigenvalue weighted by Crippen LogP contribution is -2.23. The summed E-state index contributed by atoms with van der Waals surface area (Å²) in [5, 5.41) is 3.18. The maximum absolute atomic E-state index is 12.2. The summed E-state index contributed by atoms with van der Waals surface area (Å²) in [5.41, 5.74) is 0. The van der Waals surface area contributed by atoms with Crippen molar-refractivity contribution in [2.45, 2.75) is 348 Å². The van der Waals surface area contributed by atoms with Crippen LogP contribution in [0.3, 0.4) is 0 Å². The van der Waals surface area contributed by atoms with Crippen LogP contribution in [0.2, 0.25) is 0 Å². The Labute approximate surface area is 369 Å². The number of hydrogen-bond acceptors (Lipinski definition) is 1. The molecule has 1 N–H and O–H groups in total. The molecule has 0 heterocycles. The van der Waals surface area contributed by atoms with E-state index >= 15 is 0 Å². The standard InChI is InChI=1S/C56H113NO/c1-3-5-7-9-11-13-15-17-19-21-23-25-27-29-31-33-35-37-39-41-43-45-47-49-51-53-55-57-56(58)54-52-50-48-46-44-42-40-38-36-34-32-30-28-26-24-22-20-18-16-14-12-10-8-6-4-2/h3-55H2,1-2H3,(H,57,58). The lowest BCUT2D eigenvalue weighted by atomic mass is 10.0. The average Bonchev–Trinajstić information content (AvgIpc) is 3.23. The van der Waals surface area contributed by atoms with Crippen LogP contribution in [0.4, 0.5) is 0 Å². The molecular formula is C56H113NO. The largest absolute Gasteiger partial charge is 0.356 e. The van der Waals surface area contributed by atoms with Gasteiger partial charge in [0.05, 0.1) is 0 Å². The van der Waals surface area contributed by atoms with E-state index in [9.17, 15) is 4.79 Å². The second-order valence-corrected chi connectivity index (χ2v) is 19.4.